The standard InChI is InChI=1S/C12H11NO4/c14-10-6-11(15)13(7-10)12(16)17-8-9-4-2-1-3-5-9/h1-7,14-15H,8H2. The molecule has 0 atom stereocenters. The van der Waals surface area contributed by atoms with Gasteiger partial charge in [-0.05, 0) is 5.56 Å². The van der Waals surface area contributed by atoms with Gasteiger partial charge in [0.05, 0.1) is 6.20 Å². The maximum absolute atomic E-state index is 11.5. The lowest BCUT2D eigenvalue weighted by atomic mass is 10.2. The van der Waals surface area contributed by atoms with Gasteiger partial charge < -0.3 is 14.9 Å². The van der Waals surface area contributed by atoms with Crippen molar-refractivity contribution in [1.82, 2.24) is 4.57 Å². The van der Waals surface area contributed by atoms with Gasteiger partial charge in [-0.1, -0.05) is 30.3 Å². The quantitative estimate of drug-likeness (QED) is 0.833. The second-order valence-electron chi connectivity index (χ2n) is 3.47. The van der Waals surface area contributed by atoms with Crippen LogP contribution in [0, 0.1) is 0 Å². The summed E-state index contributed by atoms with van der Waals surface area (Å²) in [4.78, 5) is 11.5. The first kappa shape index (κ1) is 11.1. The van der Waals surface area contributed by atoms with Crippen LogP contribution in [0.15, 0.2) is 42.6 Å². The van der Waals surface area contributed by atoms with Crippen molar-refractivity contribution in [1.29, 1.82) is 0 Å². The summed E-state index contributed by atoms with van der Waals surface area (Å²) in [6, 6.07) is 10.2. The lowest BCUT2D eigenvalue weighted by Crippen LogP contribution is -2.11. The maximum Gasteiger partial charge on any atom is 0.421 e. The van der Waals surface area contributed by atoms with Gasteiger partial charge in [0.1, 0.15) is 12.4 Å². The van der Waals surface area contributed by atoms with Crippen molar-refractivity contribution in [2.75, 3.05) is 0 Å². The summed E-state index contributed by atoms with van der Waals surface area (Å²) < 4.78 is 5.79. The summed E-state index contributed by atoms with van der Waals surface area (Å²) in [6.07, 6.45) is 0.342. The van der Waals surface area contributed by atoms with E-state index in [1.54, 1.807) is 0 Å². The molecule has 0 amide bonds. The number of benzene rings is 1. The molecule has 0 radical (unpaired) electrons. The Morgan fingerprint density at radius 3 is 2.53 bits per heavy atom. The third-order valence-corrected chi connectivity index (χ3v) is 2.19. The highest BCUT2D eigenvalue weighted by Gasteiger charge is 2.12. The van der Waals surface area contributed by atoms with E-state index in [1.165, 1.54) is 0 Å². The zero-order valence-electron chi connectivity index (χ0n) is 8.91. The summed E-state index contributed by atoms with van der Waals surface area (Å²) in [5.41, 5.74) is 0.844. The number of rotatable bonds is 2. The zero-order chi connectivity index (χ0) is 12.3. The Bertz CT molecular complexity index is 519. The van der Waals surface area contributed by atoms with Gasteiger partial charge in [0.25, 0.3) is 0 Å². The number of hydrogen-bond acceptors (Lipinski definition) is 4. The number of aromatic hydroxyl groups is 2. The van der Waals surface area contributed by atoms with Crippen LogP contribution in [-0.4, -0.2) is 20.9 Å². The minimum Gasteiger partial charge on any atom is -0.506 e. The monoisotopic (exact) mass is 233 g/mol. The lowest BCUT2D eigenvalue weighted by molar-refractivity contribution is 0.139. The molecule has 1 aromatic heterocycles. The molecule has 2 N–H and O–H groups in total. The Labute approximate surface area is 97.5 Å². The zero-order valence-corrected chi connectivity index (χ0v) is 8.91. The fourth-order valence-corrected chi connectivity index (χ4v) is 1.37. The predicted molar refractivity (Wildman–Crippen MR) is 59.8 cm³/mol. The molecule has 88 valence electrons. The highest BCUT2D eigenvalue weighted by atomic mass is 16.6. The van der Waals surface area contributed by atoms with E-state index >= 15 is 0 Å². The first-order valence-corrected chi connectivity index (χ1v) is 4.98. The van der Waals surface area contributed by atoms with Crippen LogP contribution in [0.5, 0.6) is 11.6 Å². The number of nitrogens with zero attached hydrogens (tertiary/aromatic N) is 1. The van der Waals surface area contributed by atoms with Gasteiger partial charge in [0.2, 0.25) is 5.88 Å². The van der Waals surface area contributed by atoms with E-state index in [2.05, 4.69) is 0 Å². The molecule has 17 heavy (non-hydrogen) atoms. The van der Waals surface area contributed by atoms with Crippen LogP contribution in [-0.2, 0) is 11.3 Å². The molecule has 0 bridgehead atoms. The minimum absolute atomic E-state index is 0.109. The van der Waals surface area contributed by atoms with Gasteiger partial charge in [-0.25, -0.2) is 9.36 Å². The molecule has 0 saturated carbocycles. The number of aromatic nitrogens is 1. The molecule has 1 aromatic carbocycles. The van der Waals surface area contributed by atoms with Crippen molar-refractivity contribution < 1.29 is 19.7 Å². The molecule has 0 aliphatic rings. The van der Waals surface area contributed by atoms with Crippen LogP contribution in [0.2, 0.25) is 0 Å². The van der Waals surface area contributed by atoms with E-state index in [-0.39, 0.29) is 18.2 Å². The van der Waals surface area contributed by atoms with Crippen molar-refractivity contribution in [3.05, 3.63) is 48.2 Å². The van der Waals surface area contributed by atoms with Gasteiger partial charge in [-0.2, -0.15) is 0 Å². The molecule has 5 heteroatoms. The molecule has 5 nitrogen and oxygen atoms in total. The molecule has 0 spiro atoms. The van der Waals surface area contributed by atoms with Crippen molar-refractivity contribution >= 4 is 6.09 Å². The first-order valence-electron chi connectivity index (χ1n) is 4.98. The van der Waals surface area contributed by atoms with Crippen molar-refractivity contribution in [3.8, 4) is 11.6 Å². The molecule has 0 fully saturated rings. The van der Waals surface area contributed by atoms with E-state index in [0.29, 0.717) is 0 Å². The lowest BCUT2D eigenvalue weighted by Gasteiger charge is -2.05. The number of carbonyl (C=O) groups is 1. The maximum atomic E-state index is 11.5. The topological polar surface area (TPSA) is 71.7 Å². The third-order valence-electron chi connectivity index (χ3n) is 2.19. The van der Waals surface area contributed by atoms with Gasteiger partial charge in [-0.3, -0.25) is 0 Å². The second kappa shape index (κ2) is 4.61. The Balaban J connectivity index is 2.01. The summed E-state index contributed by atoms with van der Waals surface area (Å²) >= 11 is 0. The number of carbonyl (C=O) groups excluding carboxylic acids is 1. The molecule has 0 aliphatic heterocycles. The Kier molecular flexibility index (Phi) is 3.00. The Morgan fingerprint density at radius 1 is 1.24 bits per heavy atom. The van der Waals surface area contributed by atoms with Crippen molar-refractivity contribution in [3.63, 3.8) is 0 Å². The fraction of sp³-hybridized carbons (Fsp3) is 0.0833. The highest BCUT2D eigenvalue weighted by molar-refractivity contribution is 5.73. The van der Waals surface area contributed by atoms with Crippen molar-refractivity contribution in [2.45, 2.75) is 6.61 Å². The normalized spacial score (nSPS) is 10.1. The molecular weight excluding hydrogens is 222 g/mol. The summed E-state index contributed by atoms with van der Waals surface area (Å²) in [5.74, 6) is -0.556. The Morgan fingerprint density at radius 2 is 1.94 bits per heavy atom. The first-order chi connectivity index (χ1) is 8.16. The van der Waals surface area contributed by atoms with Crippen LogP contribution >= 0.6 is 0 Å². The van der Waals surface area contributed by atoms with Gasteiger partial charge in [0.15, 0.2) is 0 Å². The van der Waals surface area contributed by atoms with Crippen LogP contribution in [0.4, 0.5) is 4.79 Å². The van der Waals surface area contributed by atoms with Crippen LogP contribution in [0.3, 0.4) is 0 Å². The molecule has 0 aliphatic carbocycles. The SMILES string of the molecule is O=C(OCc1ccccc1)n1cc(O)cc1O. The van der Waals surface area contributed by atoms with Crippen LogP contribution in [0.25, 0.3) is 0 Å². The van der Waals surface area contributed by atoms with Gasteiger partial charge >= 0.3 is 6.09 Å². The summed E-state index contributed by atoms with van der Waals surface area (Å²) in [5, 5.41) is 18.4. The molecule has 0 unspecified atom stereocenters. The van der Waals surface area contributed by atoms with Crippen LogP contribution < -0.4 is 0 Å². The summed E-state index contributed by atoms with van der Waals surface area (Å²) in [6.45, 7) is 0.109. The van der Waals surface area contributed by atoms with Gasteiger partial charge in [0, 0.05) is 6.07 Å². The molecule has 2 rings (SSSR count). The Hall–Kier alpha value is -2.43. The third kappa shape index (κ3) is 2.57. The smallest absolute Gasteiger partial charge is 0.421 e. The highest BCUT2D eigenvalue weighted by Crippen LogP contribution is 2.20. The molecular formula is C12H11NO4. The van der Waals surface area contributed by atoms with E-state index in [1.807, 2.05) is 30.3 Å². The van der Waals surface area contributed by atoms with E-state index in [9.17, 15) is 9.90 Å². The van der Waals surface area contributed by atoms with Crippen LogP contribution in [0.1, 0.15) is 5.56 Å². The molecule has 0 saturated heterocycles. The van der Waals surface area contributed by atoms with E-state index < -0.39 is 6.09 Å². The van der Waals surface area contributed by atoms with E-state index in [0.717, 1.165) is 22.4 Å². The fourth-order valence-electron chi connectivity index (χ4n) is 1.37. The number of ether oxygens (including phenoxy) is 1. The average Bonchev–Trinajstić information content (AvgIpc) is 2.67. The molecule has 2 aromatic rings. The van der Waals surface area contributed by atoms with Crippen molar-refractivity contribution in [2.24, 2.45) is 0 Å². The van der Waals surface area contributed by atoms with Gasteiger partial charge in [-0.15, -0.1) is 0 Å². The predicted octanol–water partition coefficient (Wildman–Crippen LogP) is 2.08. The minimum atomic E-state index is -0.744. The molecule has 1 heterocycles. The van der Waals surface area contributed by atoms with E-state index in [4.69, 9.17) is 9.84 Å². The average molecular weight is 233 g/mol. The summed E-state index contributed by atoms with van der Waals surface area (Å²) in [7, 11) is 0. The number of hydrogen-bond donors (Lipinski definition) is 2. The second-order valence-corrected chi connectivity index (χ2v) is 3.47. The largest absolute Gasteiger partial charge is 0.506 e.